The maximum Gasteiger partial charge on any atom is 0.336 e. The lowest BCUT2D eigenvalue weighted by Crippen LogP contribution is -2.32. The fourth-order valence-electron chi connectivity index (χ4n) is 2.29. The molecular weight excluding hydrogens is 288 g/mol. The smallest absolute Gasteiger partial charge is 0.284 e. The van der Waals surface area contributed by atoms with E-state index in [4.69, 9.17) is 11.6 Å². The summed E-state index contributed by atoms with van der Waals surface area (Å²) in [6.45, 7) is 1.91. The number of urea groups is 1. The Morgan fingerprint density at radius 2 is 1.71 bits per heavy atom. The molecule has 3 rings (SSSR count). The zero-order valence-corrected chi connectivity index (χ0v) is 12.2. The van der Waals surface area contributed by atoms with Crippen LogP contribution in [-0.4, -0.2) is 18.5 Å². The highest BCUT2D eigenvalue weighted by atomic mass is 35.5. The van der Waals surface area contributed by atoms with Gasteiger partial charge in [0, 0.05) is 10.7 Å². The second-order valence-corrected chi connectivity index (χ2v) is 5.27. The number of imide groups is 1. The summed E-state index contributed by atoms with van der Waals surface area (Å²) in [7, 11) is 0. The third kappa shape index (κ3) is 2.38. The van der Waals surface area contributed by atoms with Crippen molar-refractivity contribution in [2.24, 2.45) is 0 Å². The normalized spacial score (nSPS) is 15.0. The average molecular weight is 301 g/mol. The molecule has 1 fully saturated rings. The molecule has 0 saturated carbocycles. The molecule has 106 valence electrons. The summed E-state index contributed by atoms with van der Waals surface area (Å²) in [5.74, 6) is -0.260. The molecule has 3 amide bonds. The number of amides is 3. The van der Waals surface area contributed by atoms with Gasteiger partial charge in [0.05, 0.1) is 5.69 Å². The molecule has 2 aromatic carbocycles. The number of carbonyl (C=O) groups is 2. The molecule has 0 atom stereocenters. The van der Waals surface area contributed by atoms with Gasteiger partial charge in [0.2, 0.25) is 0 Å². The predicted molar refractivity (Wildman–Crippen MR) is 82.9 cm³/mol. The van der Waals surface area contributed by atoms with Crippen LogP contribution in [0.1, 0.15) is 5.56 Å². The first-order chi connectivity index (χ1) is 10.1. The van der Waals surface area contributed by atoms with Crippen LogP contribution >= 0.6 is 11.6 Å². The molecule has 0 bridgehead atoms. The van der Waals surface area contributed by atoms with Crippen molar-refractivity contribution in [3.63, 3.8) is 0 Å². The number of rotatable bonds is 2. The maximum atomic E-state index is 12.5. The van der Waals surface area contributed by atoms with Gasteiger partial charge in [-0.15, -0.1) is 0 Å². The van der Waals surface area contributed by atoms with Crippen molar-refractivity contribution in [1.29, 1.82) is 0 Å². The van der Waals surface area contributed by atoms with E-state index >= 15 is 0 Å². The summed E-state index contributed by atoms with van der Waals surface area (Å²) in [5.41, 5.74) is 2.11. The van der Waals surface area contributed by atoms with Crippen molar-refractivity contribution in [2.45, 2.75) is 6.92 Å². The Hall–Kier alpha value is -2.33. The van der Waals surface area contributed by atoms with Crippen LogP contribution in [0.2, 0.25) is 5.02 Å². The highest BCUT2D eigenvalue weighted by Crippen LogP contribution is 2.28. The molecule has 0 radical (unpaired) electrons. The van der Waals surface area contributed by atoms with E-state index in [0.29, 0.717) is 16.4 Å². The molecule has 0 aliphatic carbocycles. The first-order valence-corrected chi connectivity index (χ1v) is 6.91. The van der Waals surface area contributed by atoms with Crippen molar-refractivity contribution in [3.05, 3.63) is 59.1 Å². The highest BCUT2D eigenvalue weighted by Gasteiger charge is 2.38. The molecule has 21 heavy (non-hydrogen) atoms. The Bertz CT molecular complexity index is 715. The van der Waals surface area contributed by atoms with Crippen molar-refractivity contribution >= 4 is 34.9 Å². The molecular formula is C16H13ClN2O2. The second kappa shape index (κ2) is 5.22. The molecule has 1 saturated heterocycles. The van der Waals surface area contributed by atoms with Gasteiger partial charge in [-0.3, -0.25) is 9.69 Å². The van der Waals surface area contributed by atoms with E-state index in [9.17, 15) is 9.59 Å². The van der Waals surface area contributed by atoms with E-state index in [0.717, 1.165) is 5.56 Å². The number of hydrogen-bond donors (Lipinski definition) is 0. The summed E-state index contributed by atoms with van der Waals surface area (Å²) < 4.78 is 0. The Morgan fingerprint density at radius 1 is 1.00 bits per heavy atom. The molecule has 1 heterocycles. The average Bonchev–Trinajstić information content (AvgIpc) is 2.78. The van der Waals surface area contributed by atoms with E-state index < -0.39 is 0 Å². The van der Waals surface area contributed by atoms with Crippen LogP contribution in [0.4, 0.5) is 16.2 Å². The van der Waals surface area contributed by atoms with Crippen molar-refractivity contribution in [3.8, 4) is 0 Å². The number of halogens is 1. The third-order valence-electron chi connectivity index (χ3n) is 3.45. The van der Waals surface area contributed by atoms with Gasteiger partial charge in [0.25, 0.3) is 5.91 Å². The number of nitrogens with zero attached hydrogens (tertiary/aromatic N) is 2. The minimum atomic E-state index is -0.355. The quantitative estimate of drug-likeness (QED) is 0.795. The van der Waals surface area contributed by atoms with Gasteiger partial charge < -0.3 is 0 Å². The lowest BCUT2D eigenvalue weighted by Gasteiger charge is -2.17. The molecule has 2 aromatic rings. The van der Waals surface area contributed by atoms with Crippen LogP contribution in [-0.2, 0) is 4.79 Å². The van der Waals surface area contributed by atoms with Gasteiger partial charge in [-0.1, -0.05) is 35.9 Å². The number of benzene rings is 2. The molecule has 0 N–H and O–H groups in total. The zero-order chi connectivity index (χ0) is 15.0. The van der Waals surface area contributed by atoms with Crippen LogP contribution in [0.3, 0.4) is 0 Å². The Balaban J connectivity index is 1.96. The van der Waals surface area contributed by atoms with Crippen LogP contribution in [0.25, 0.3) is 0 Å². The van der Waals surface area contributed by atoms with Gasteiger partial charge in [-0.05, 0) is 36.8 Å². The van der Waals surface area contributed by atoms with Crippen LogP contribution in [0.5, 0.6) is 0 Å². The Labute approximate surface area is 127 Å². The van der Waals surface area contributed by atoms with Gasteiger partial charge in [-0.2, -0.15) is 0 Å². The second-order valence-electron chi connectivity index (χ2n) is 4.87. The maximum absolute atomic E-state index is 12.5. The molecule has 0 spiro atoms. The summed E-state index contributed by atoms with van der Waals surface area (Å²) >= 11 is 6.08. The first-order valence-electron chi connectivity index (χ1n) is 6.53. The minimum Gasteiger partial charge on any atom is -0.284 e. The zero-order valence-electron chi connectivity index (χ0n) is 11.4. The third-order valence-corrected chi connectivity index (χ3v) is 3.85. The first kappa shape index (κ1) is 13.6. The molecule has 0 aromatic heterocycles. The minimum absolute atomic E-state index is 0.0361. The number of aryl methyl sites for hydroxylation is 1. The summed E-state index contributed by atoms with van der Waals surface area (Å²) in [6.07, 6.45) is 0. The van der Waals surface area contributed by atoms with Crippen LogP contribution in [0.15, 0.2) is 48.5 Å². The lowest BCUT2D eigenvalue weighted by molar-refractivity contribution is -0.115. The highest BCUT2D eigenvalue weighted by molar-refractivity contribution is 6.32. The number of anilines is 2. The van der Waals surface area contributed by atoms with Gasteiger partial charge in [-0.25, -0.2) is 9.69 Å². The van der Waals surface area contributed by atoms with Crippen molar-refractivity contribution in [1.82, 2.24) is 0 Å². The Kier molecular flexibility index (Phi) is 3.39. The summed E-state index contributed by atoms with van der Waals surface area (Å²) in [6, 6.07) is 13.9. The topological polar surface area (TPSA) is 40.6 Å². The monoisotopic (exact) mass is 300 g/mol. The Morgan fingerprint density at radius 3 is 2.38 bits per heavy atom. The summed E-state index contributed by atoms with van der Waals surface area (Å²) in [5, 5.41) is 0.534. The van der Waals surface area contributed by atoms with Crippen molar-refractivity contribution < 1.29 is 9.59 Å². The van der Waals surface area contributed by atoms with E-state index in [2.05, 4.69) is 0 Å². The van der Waals surface area contributed by atoms with Crippen molar-refractivity contribution in [2.75, 3.05) is 16.3 Å². The molecule has 1 aliphatic heterocycles. The van der Waals surface area contributed by atoms with E-state index in [1.54, 1.807) is 30.3 Å². The number of hydrogen-bond acceptors (Lipinski definition) is 2. The fourth-order valence-corrected chi connectivity index (χ4v) is 2.46. The largest absolute Gasteiger partial charge is 0.336 e. The number of carbonyl (C=O) groups excluding carboxylic acids is 2. The molecule has 0 unspecified atom stereocenters. The number of para-hydroxylation sites is 1. The van der Waals surface area contributed by atoms with E-state index in [-0.39, 0.29) is 18.5 Å². The van der Waals surface area contributed by atoms with Gasteiger partial charge in [0.15, 0.2) is 0 Å². The summed E-state index contributed by atoms with van der Waals surface area (Å²) in [4.78, 5) is 27.3. The van der Waals surface area contributed by atoms with E-state index in [1.165, 1.54) is 9.80 Å². The molecule has 5 heteroatoms. The fraction of sp³-hybridized carbons (Fsp3) is 0.125. The van der Waals surface area contributed by atoms with E-state index in [1.807, 2.05) is 25.1 Å². The van der Waals surface area contributed by atoms with Gasteiger partial charge >= 0.3 is 6.03 Å². The van der Waals surface area contributed by atoms with Crippen LogP contribution < -0.4 is 9.80 Å². The van der Waals surface area contributed by atoms with Crippen LogP contribution in [0, 0.1) is 6.92 Å². The van der Waals surface area contributed by atoms with Gasteiger partial charge in [0.1, 0.15) is 6.54 Å². The molecule has 1 aliphatic rings. The predicted octanol–water partition coefficient (Wildman–Crippen LogP) is 3.62. The SMILES string of the molecule is Cc1ccc(N2C(=O)CN(c3ccccc3)C2=O)cc1Cl. The standard InChI is InChI=1S/C16H13ClN2O2/c1-11-7-8-13(9-14(11)17)19-15(20)10-18(16(19)21)12-5-3-2-4-6-12/h2-9H,10H2,1H3. The molecule has 4 nitrogen and oxygen atoms in total. The lowest BCUT2D eigenvalue weighted by atomic mass is 10.2.